The molecule has 23 heavy (non-hydrogen) atoms. The second-order valence-electron chi connectivity index (χ2n) is 4.63. The molecule has 2 aromatic carbocycles. The van der Waals surface area contributed by atoms with E-state index in [4.69, 9.17) is 11.6 Å². The number of nitrogens with one attached hydrogen (secondary N) is 1. The number of thiazole rings is 1. The highest BCUT2D eigenvalue weighted by Crippen LogP contribution is 2.26. The molecule has 0 atom stereocenters. The van der Waals surface area contributed by atoms with Crippen molar-refractivity contribution in [1.29, 1.82) is 0 Å². The topological polar surface area (TPSA) is 37.3 Å². The van der Waals surface area contributed by atoms with E-state index in [-0.39, 0.29) is 0 Å². The molecule has 0 radical (unpaired) electrons. The molecule has 0 saturated heterocycles. The quantitative estimate of drug-likeness (QED) is 0.364. The molecule has 0 bridgehead atoms. The van der Waals surface area contributed by atoms with Crippen LogP contribution < -0.4 is 5.43 Å². The summed E-state index contributed by atoms with van der Waals surface area (Å²) in [4.78, 5) is 5.62. The molecule has 3 aromatic rings. The van der Waals surface area contributed by atoms with E-state index in [1.165, 1.54) is 11.3 Å². The standard InChI is InChI=1S/C17H14ClN3S2/c1-22-16-9-5-8-14(18)13(16)10-19-21-17-20-15(11-23-17)12-6-3-2-4-7-12/h2-11H,1H3,(H,20,21). The Kier molecular flexibility index (Phi) is 5.33. The van der Waals surface area contributed by atoms with E-state index in [1.54, 1.807) is 18.0 Å². The Labute approximate surface area is 148 Å². The Hall–Kier alpha value is -1.82. The Morgan fingerprint density at radius 3 is 2.78 bits per heavy atom. The van der Waals surface area contributed by atoms with Gasteiger partial charge in [0.1, 0.15) is 0 Å². The smallest absolute Gasteiger partial charge is 0.203 e. The molecule has 0 amide bonds. The van der Waals surface area contributed by atoms with Crippen molar-refractivity contribution in [1.82, 2.24) is 4.98 Å². The maximum Gasteiger partial charge on any atom is 0.203 e. The Morgan fingerprint density at radius 1 is 1.17 bits per heavy atom. The van der Waals surface area contributed by atoms with E-state index in [0.29, 0.717) is 5.02 Å². The molecule has 0 aliphatic heterocycles. The summed E-state index contributed by atoms with van der Waals surface area (Å²) in [5.41, 5.74) is 5.92. The van der Waals surface area contributed by atoms with Gasteiger partial charge in [0.05, 0.1) is 16.9 Å². The summed E-state index contributed by atoms with van der Waals surface area (Å²) < 4.78 is 0. The third-order valence-corrected chi connectivity index (χ3v) is 5.03. The zero-order chi connectivity index (χ0) is 16.1. The van der Waals surface area contributed by atoms with Gasteiger partial charge in [0, 0.05) is 21.4 Å². The van der Waals surface area contributed by atoms with Gasteiger partial charge in [-0.15, -0.1) is 23.1 Å². The number of halogens is 1. The lowest BCUT2D eigenvalue weighted by Gasteiger charge is -2.04. The molecule has 0 spiro atoms. The molecule has 0 aliphatic rings. The van der Waals surface area contributed by atoms with Gasteiger partial charge in [-0.25, -0.2) is 4.98 Å². The van der Waals surface area contributed by atoms with Gasteiger partial charge in [-0.05, 0) is 18.4 Å². The van der Waals surface area contributed by atoms with Gasteiger partial charge in [-0.2, -0.15) is 5.10 Å². The minimum atomic E-state index is 0.687. The van der Waals surface area contributed by atoms with Crippen molar-refractivity contribution in [2.75, 3.05) is 11.7 Å². The predicted molar refractivity (Wildman–Crippen MR) is 102 cm³/mol. The molecule has 3 nitrogen and oxygen atoms in total. The highest BCUT2D eigenvalue weighted by Gasteiger charge is 2.05. The van der Waals surface area contributed by atoms with Crippen LogP contribution in [0.25, 0.3) is 11.3 Å². The number of rotatable bonds is 5. The number of benzene rings is 2. The molecule has 1 aromatic heterocycles. The number of hydrazone groups is 1. The maximum absolute atomic E-state index is 6.23. The molecule has 0 unspecified atom stereocenters. The number of nitrogens with zero attached hydrogens (tertiary/aromatic N) is 2. The lowest BCUT2D eigenvalue weighted by Crippen LogP contribution is -1.93. The largest absolute Gasteiger partial charge is 0.253 e. The zero-order valence-corrected chi connectivity index (χ0v) is 14.8. The van der Waals surface area contributed by atoms with Crippen LogP contribution in [0.15, 0.2) is 63.9 Å². The number of hydrogen-bond donors (Lipinski definition) is 1. The molecule has 6 heteroatoms. The van der Waals surface area contributed by atoms with Crippen LogP contribution in [0.1, 0.15) is 5.56 Å². The summed E-state index contributed by atoms with van der Waals surface area (Å²) in [6, 6.07) is 15.9. The number of anilines is 1. The van der Waals surface area contributed by atoms with Crippen LogP contribution in [0.2, 0.25) is 5.02 Å². The van der Waals surface area contributed by atoms with Crippen LogP contribution in [0.4, 0.5) is 5.13 Å². The van der Waals surface area contributed by atoms with Gasteiger partial charge >= 0.3 is 0 Å². The van der Waals surface area contributed by atoms with E-state index in [0.717, 1.165) is 26.8 Å². The fourth-order valence-corrected chi connectivity index (χ4v) is 3.58. The molecular weight excluding hydrogens is 346 g/mol. The first-order valence-corrected chi connectivity index (χ1v) is 9.38. The van der Waals surface area contributed by atoms with Crippen molar-refractivity contribution in [3.05, 3.63) is 64.5 Å². The molecule has 0 saturated carbocycles. The monoisotopic (exact) mass is 359 g/mol. The SMILES string of the molecule is CSc1cccc(Cl)c1C=NNc1nc(-c2ccccc2)cs1. The minimum absolute atomic E-state index is 0.687. The van der Waals surface area contributed by atoms with Crippen molar-refractivity contribution in [3.8, 4) is 11.3 Å². The zero-order valence-electron chi connectivity index (χ0n) is 12.4. The Bertz CT molecular complexity index is 816. The van der Waals surface area contributed by atoms with Crippen molar-refractivity contribution in [2.45, 2.75) is 4.90 Å². The third kappa shape index (κ3) is 3.93. The van der Waals surface area contributed by atoms with Crippen molar-refractivity contribution < 1.29 is 0 Å². The Balaban J connectivity index is 1.73. The van der Waals surface area contributed by atoms with E-state index in [9.17, 15) is 0 Å². The van der Waals surface area contributed by atoms with Gasteiger partial charge in [0.2, 0.25) is 5.13 Å². The third-order valence-electron chi connectivity index (χ3n) is 3.16. The summed E-state index contributed by atoms with van der Waals surface area (Å²) in [5, 5.41) is 7.71. The first-order chi connectivity index (χ1) is 11.3. The normalized spacial score (nSPS) is 11.0. The van der Waals surface area contributed by atoms with Crippen molar-refractivity contribution in [3.63, 3.8) is 0 Å². The molecule has 0 aliphatic carbocycles. The van der Waals surface area contributed by atoms with E-state index in [2.05, 4.69) is 15.5 Å². The summed E-state index contributed by atoms with van der Waals surface area (Å²) in [6.07, 6.45) is 3.75. The first-order valence-electron chi connectivity index (χ1n) is 6.90. The Morgan fingerprint density at radius 2 is 2.00 bits per heavy atom. The van der Waals surface area contributed by atoms with Crippen LogP contribution >= 0.6 is 34.7 Å². The fraction of sp³-hybridized carbons (Fsp3) is 0.0588. The fourth-order valence-electron chi connectivity index (χ4n) is 2.04. The van der Waals surface area contributed by atoms with Crippen LogP contribution in [-0.2, 0) is 0 Å². The number of thioether (sulfide) groups is 1. The number of aromatic nitrogens is 1. The molecule has 1 heterocycles. The van der Waals surface area contributed by atoms with Gasteiger partial charge in [0.15, 0.2) is 0 Å². The predicted octanol–water partition coefficient (Wildman–Crippen LogP) is 5.63. The molecule has 1 N–H and O–H groups in total. The second-order valence-corrected chi connectivity index (χ2v) is 6.74. The highest BCUT2D eigenvalue weighted by atomic mass is 35.5. The van der Waals surface area contributed by atoms with Crippen LogP contribution in [0.3, 0.4) is 0 Å². The van der Waals surface area contributed by atoms with Crippen LogP contribution in [-0.4, -0.2) is 17.5 Å². The average Bonchev–Trinajstić information content (AvgIpc) is 3.06. The van der Waals surface area contributed by atoms with Gasteiger partial charge in [0.25, 0.3) is 0 Å². The summed E-state index contributed by atoms with van der Waals surface area (Å²) in [6.45, 7) is 0. The summed E-state index contributed by atoms with van der Waals surface area (Å²) in [5.74, 6) is 0. The van der Waals surface area contributed by atoms with Gasteiger partial charge < -0.3 is 0 Å². The lowest BCUT2D eigenvalue weighted by molar-refractivity contribution is 1.28. The van der Waals surface area contributed by atoms with Gasteiger partial charge in [-0.1, -0.05) is 48.0 Å². The first kappa shape index (κ1) is 16.1. The maximum atomic E-state index is 6.23. The average molecular weight is 360 g/mol. The van der Waals surface area contributed by atoms with Crippen LogP contribution in [0.5, 0.6) is 0 Å². The summed E-state index contributed by atoms with van der Waals surface area (Å²) in [7, 11) is 0. The van der Waals surface area contributed by atoms with Crippen molar-refractivity contribution >= 4 is 46.0 Å². The molecular formula is C17H14ClN3S2. The van der Waals surface area contributed by atoms with E-state index >= 15 is 0 Å². The summed E-state index contributed by atoms with van der Waals surface area (Å²) >= 11 is 9.39. The lowest BCUT2D eigenvalue weighted by atomic mass is 10.2. The van der Waals surface area contributed by atoms with E-state index < -0.39 is 0 Å². The molecule has 116 valence electrons. The molecule has 0 fully saturated rings. The van der Waals surface area contributed by atoms with E-state index in [1.807, 2.05) is 60.2 Å². The second kappa shape index (κ2) is 7.64. The van der Waals surface area contributed by atoms with Crippen molar-refractivity contribution in [2.24, 2.45) is 5.10 Å². The van der Waals surface area contributed by atoms with Gasteiger partial charge in [-0.3, -0.25) is 5.43 Å². The minimum Gasteiger partial charge on any atom is -0.253 e. The highest BCUT2D eigenvalue weighted by molar-refractivity contribution is 7.98. The van der Waals surface area contributed by atoms with Crippen LogP contribution in [0, 0.1) is 0 Å². The number of hydrogen-bond acceptors (Lipinski definition) is 5. The molecule has 3 rings (SSSR count).